The van der Waals surface area contributed by atoms with Crippen molar-refractivity contribution in [1.82, 2.24) is 9.55 Å². The summed E-state index contributed by atoms with van der Waals surface area (Å²) in [6, 6.07) is 16.0. The van der Waals surface area contributed by atoms with Crippen molar-refractivity contribution in [2.75, 3.05) is 0 Å². The second-order valence-corrected chi connectivity index (χ2v) is 6.44. The van der Waals surface area contributed by atoms with E-state index in [9.17, 15) is 4.79 Å². The summed E-state index contributed by atoms with van der Waals surface area (Å²) in [7, 11) is 0. The number of aryl methyl sites for hydroxylation is 1. The van der Waals surface area contributed by atoms with E-state index in [0.717, 1.165) is 29.5 Å². The third kappa shape index (κ3) is 2.11. The molecule has 1 aromatic heterocycles. The Balaban J connectivity index is 2.06. The lowest BCUT2D eigenvalue weighted by Gasteiger charge is -2.23. The molecule has 0 radical (unpaired) electrons. The first kappa shape index (κ1) is 14.5. The Morgan fingerprint density at radius 3 is 2.52 bits per heavy atom. The zero-order chi connectivity index (χ0) is 16.0. The van der Waals surface area contributed by atoms with Crippen LogP contribution in [0.4, 0.5) is 0 Å². The fourth-order valence-corrected chi connectivity index (χ4v) is 3.66. The molecule has 0 amide bonds. The average Bonchev–Trinajstić information content (AvgIpc) is 3.37. The van der Waals surface area contributed by atoms with Gasteiger partial charge in [-0.2, -0.15) is 0 Å². The number of rotatable bonds is 3. The Kier molecular flexibility index (Phi) is 3.27. The van der Waals surface area contributed by atoms with Gasteiger partial charge in [-0.1, -0.05) is 42.5 Å². The molecule has 0 spiro atoms. The number of hydrogen-bond acceptors (Lipinski definition) is 2. The van der Waals surface area contributed by atoms with Gasteiger partial charge in [-0.05, 0) is 37.0 Å². The molecular formula is C19H17ClN2O. The van der Waals surface area contributed by atoms with Crippen LogP contribution in [0.2, 0.25) is 0 Å². The maximum atomic E-state index is 13.3. The molecular weight excluding hydrogens is 308 g/mol. The Hall–Kier alpha value is -2.13. The monoisotopic (exact) mass is 324 g/mol. The van der Waals surface area contributed by atoms with Gasteiger partial charge in [-0.15, -0.1) is 11.6 Å². The minimum Gasteiger partial charge on any atom is -0.285 e. The molecule has 3 nitrogen and oxygen atoms in total. The lowest BCUT2D eigenvalue weighted by atomic mass is 10.0. The van der Waals surface area contributed by atoms with Crippen molar-refractivity contribution in [3.05, 3.63) is 75.8 Å². The van der Waals surface area contributed by atoms with E-state index in [1.165, 1.54) is 0 Å². The summed E-state index contributed by atoms with van der Waals surface area (Å²) in [5.74, 6) is 0.879. The van der Waals surface area contributed by atoms with E-state index in [1.54, 1.807) is 0 Å². The van der Waals surface area contributed by atoms with Crippen molar-refractivity contribution in [3.8, 4) is 0 Å². The predicted molar refractivity (Wildman–Crippen MR) is 93.0 cm³/mol. The van der Waals surface area contributed by atoms with Crippen LogP contribution in [0.5, 0.6) is 0 Å². The molecule has 116 valence electrons. The second-order valence-electron chi connectivity index (χ2n) is 6.17. The minimum absolute atomic E-state index is 0.0186. The Morgan fingerprint density at radius 1 is 1.13 bits per heavy atom. The summed E-state index contributed by atoms with van der Waals surface area (Å²) in [5, 5.41) is 0.698. The van der Waals surface area contributed by atoms with Gasteiger partial charge in [0.1, 0.15) is 5.82 Å². The average molecular weight is 325 g/mol. The lowest BCUT2D eigenvalue weighted by molar-refractivity contribution is 0.527. The molecule has 0 atom stereocenters. The maximum absolute atomic E-state index is 13.3. The van der Waals surface area contributed by atoms with Gasteiger partial charge in [-0.25, -0.2) is 4.98 Å². The summed E-state index contributed by atoms with van der Waals surface area (Å²) < 4.78 is 1.84. The minimum atomic E-state index is -0.286. The van der Waals surface area contributed by atoms with Crippen LogP contribution in [-0.4, -0.2) is 9.55 Å². The largest absolute Gasteiger partial charge is 0.285 e. The summed E-state index contributed by atoms with van der Waals surface area (Å²) in [5.41, 5.74) is 2.57. The second kappa shape index (κ2) is 5.20. The number of hydrogen-bond donors (Lipinski definition) is 0. The van der Waals surface area contributed by atoms with Crippen LogP contribution < -0.4 is 5.56 Å². The molecule has 0 bridgehead atoms. The third-order valence-electron chi connectivity index (χ3n) is 4.76. The molecule has 1 heterocycles. The molecule has 1 aliphatic carbocycles. The number of nitrogens with zero attached hydrogens (tertiary/aromatic N) is 2. The van der Waals surface area contributed by atoms with Crippen molar-refractivity contribution in [1.29, 1.82) is 0 Å². The van der Waals surface area contributed by atoms with Crippen LogP contribution in [0.3, 0.4) is 0 Å². The van der Waals surface area contributed by atoms with Crippen molar-refractivity contribution < 1.29 is 0 Å². The fraction of sp³-hybridized carbons (Fsp3) is 0.263. The summed E-state index contributed by atoms with van der Waals surface area (Å²) in [6.45, 7) is 1.96. The van der Waals surface area contributed by atoms with Gasteiger partial charge >= 0.3 is 0 Å². The van der Waals surface area contributed by atoms with Gasteiger partial charge in [0.15, 0.2) is 0 Å². The molecule has 4 heteroatoms. The third-order valence-corrected chi connectivity index (χ3v) is 5.00. The number of fused-ring (bicyclic) bond motifs is 1. The maximum Gasteiger partial charge on any atom is 0.262 e. The Morgan fingerprint density at radius 2 is 1.87 bits per heavy atom. The van der Waals surface area contributed by atoms with Crippen molar-refractivity contribution in [3.63, 3.8) is 0 Å². The topological polar surface area (TPSA) is 34.9 Å². The van der Waals surface area contributed by atoms with Crippen LogP contribution in [0.1, 0.15) is 29.8 Å². The molecule has 3 aromatic rings. The summed E-state index contributed by atoms with van der Waals surface area (Å²) in [4.78, 5) is 17.9. The van der Waals surface area contributed by atoms with Crippen molar-refractivity contribution >= 4 is 22.5 Å². The number of alkyl halides is 1. The highest BCUT2D eigenvalue weighted by molar-refractivity contribution is 6.16. The van der Waals surface area contributed by atoms with Crippen LogP contribution in [-0.2, 0) is 11.4 Å². The fourth-order valence-electron chi connectivity index (χ4n) is 3.48. The van der Waals surface area contributed by atoms with Gasteiger partial charge in [0, 0.05) is 0 Å². The SMILES string of the molecule is Cc1cccc2nc(CCl)n(C3(c4ccccc4)CC3)c(=O)c12. The van der Waals surface area contributed by atoms with E-state index in [1.807, 2.05) is 47.9 Å². The lowest BCUT2D eigenvalue weighted by Crippen LogP contribution is -2.35. The number of aromatic nitrogens is 2. The molecule has 1 saturated carbocycles. The van der Waals surface area contributed by atoms with E-state index in [0.29, 0.717) is 11.2 Å². The Labute approximate surface area is 139 Å². The molecule has 0 saturated heterocycles. The van der Waals surface area contributed by atoms with Crippen LogP contribution in [0, 0.1) is 6.92 Å². The van der Waals surface area contributed by atoms with Gasteiger partial charge in [0.05, 0.1) is 22.3 Å². The molecule has 2 aromatic carbocycles. The normalized spacial score (nSPS) is 15.7. The first-order chi connectivity index (χ1) is 11.2. The molecule has 23 heavy (non-hydrogen) atoms. The Bertz CT molecular complexity index is 943. The van der Waals surface area contributed by atoms with Gasteiger partial charge in [-0.3, -0.25) is 9.36 Å². The van der Waals surface area contributed by atoms with E-state index < -0.39 is 0 Å². The highest BCUT2D eigenvalue weighted by atomic mass is 35.5. The van der Waals surface area contributed by atoms with Crippen LogP contribution in [0.25, 0.3) is 10.9 Å². The van der Waals surface area contributed by atoms with Crippen LogP contribution >= 0.6 is 11.6 Å². The highest BCUT2D eigenvalue weighted by Crippen LogP contribution is 2.49. The molecule has 0 aliphatic heterocycles. The quantitative estimate of drug-likeness (QED) is 0.683. The molecule has 1 aliphatic rings. The number of benzene rings is 2. The van der Waals surface area contributed by atoms with Gasteiger partial charge in [0.2, 0.25) is 0 Å². The van der Waals surface area contributed by atoms with Crippen LogP contribution in [0.15, 0.2) is 53.3 Å². The summed E-state index contributed by atoms with van der Waals surface area (Å²) >= 11 is 6.14. The number of halogens is 1. The smallest absolute Gasteiger partial charge is 0.262 e. The summed E-state index contributed by atoms with van der Waals surface area (Å²) in [6.07, 6.45) is 1.89. The molecule has 0 N–H and O–H groups in total. The molecule has 4 rings (SSSR count). The first-order valence-corrected chi connectivity index (χ1v) is 8.34. The molecule has 0 unspecified atom stereocenters. The standard InChI is InChI=1S/C19H17ClN2O/c1-13-6-5-9-15-17(13)18(23)22(16(12-20)21-15)19(10-11-19)14-7-3-2-4-8-14/h2-9H,10-12H2,1H3. The van der Waals surface area contributed by atoms with Gasteiger partial charge in [0.25, 0.3) is 5.56 Å². The van der Waals surface area contributed by atoms with Crippen molar-refractivity contribution in [2.24, 2.45) is 0 Å². The zero-order valence-corrected chi connectivity index (χ0v) is 13.7. The van der Waals surface area contributed by atoms with E-state index >= 15 is 0 Å². The van der Waals surface area contributed by atoms with E-state index in [2.05, 4.69) is 17.1 Å². The first-order valence-electron chi connectivity index (χ1n) is 7.80. The zero-order valence-electron chi connectivity index (χ0n) is 12.9. The van der Waals surface area contributed by atoms with E-state index in [4.69, 9.17) is 11.6 Å². The predicted octanol–water partition coefficient (Wildman–Crippen LogP) is 3.98. The highest BCUT2D eigenvalue weighted by Gasteiger charge is 2.48. The van der Waals surface area contributed by atoms with E-state index in [-0.39, 0.29) is 17.0 Å². The van der Waals surface area contributed by atoms with Gasteiger partial charge < -0.3 is 0 Å². The molecule has 1 fully saturated rings. The van der Waals surface area contributed by atoms with Crippen molar-refractivity contribution in [2.45, 2.75) is 31.2 Å².